The van der Waals surface area contributed by atoms with Gasteiger partial charge in [0.15, 0.2) is 0 Å². The molecular formula is C9H17NO3S. The monoisotopic (exact) mass is 219 g/mol. The molecule has 0 bridgehead atoms. The van der Waals surface area contributed by atoms with Gasteiger partial charge in [-0.25, -0.2) is 0 Å². The maximum Gasteiger partial charge on any atom is 0.323 e. The van der Waals surface area contributed by atoms with Crippen LogP contribution in [0.15, 0.2) is 0 Å². The first-order chi connectivity index (χ1) is 6.66. The molecule has 1 rings (SSSR count). The van der Waals surface area contributed by atoms with Crippen molar-refractivity contribution in [2.75, 3.05) is 32.3 Å². The molecule has 1 aliphatic rings. The van der Waals surface area contributed by atoms with E-state index in [2.05, 4.69) is 0 Å². The standard InChI is InChI=1S/C9H17NO3S/c1-10(7-3-4-14-6-7)8(5-13-2)9(11)12/h7-8H,3-6H2,1-2H3,(H,11,12). The summed E-state index contributed by atoms with van der Waals surface area (Å²) in [5.74, 6) is 1.37. The fourth-order valence-electron chi connectivity index (χ4n) is 1.62. The van der Waals surface area contributed by atoms with Crippen molar-refractivity contribution < 1.29 is 14.6 Å². The van der Waals surface area contributed by atoms with Crippen molar-refractivity contribution in [3.8, 4) is 0 Å². The highest BCUT2D eigenvalue weighted by Gasteiger charge is 2.30. The van der Waals surface area contributed by atoms with Gasteiger partial charge in [0.2, 0.25) is 0 Å². The van der Waals surface area contributed by atoms with Crippen molar-refractivity contribution in [2.45, 2.75) is 18.5 Å². The number of methoxy groups -OCH3 is 1. The second-order valence-corrected chi connectivity index (χ2v) is 4.64. The zero-order valence-electron chi connectivity index (χ0n) is 8.60. The Kier molecular flexibility index (Phi) is 4.71. The molecule has 0 aromatic carbocycles. The van der Waals surface area contributed by atoms with Gasteiger partial charge in [-0.05, 0) is 19.2 Å². The van der Waals surface area contributed by atoms with Gasteiger partial charge in [-0.15, -0.1) is 0 Å². The minimum Gasteiger partial charge on any atom is -0.480 e. The van der Waals surface area contributed by atoms with Crippen LogP contribution in [0.3, 0.4) is 0 Å². The molecule has 4 nitrogen and oxygen atoms in total. The lowest BCUT2D eigenvalue weighted by Crippen LogP contribution is -2.47. The summed E-state index contributed by atoms with van der Waals surface area (Å²) in [4.78, 5) is 12.9. The summed E-state index contributed by atoms with van der Waals surface area (Å²) < 4.78 is 4.92. The molecule has 1 aliphatic heterocycles. The van der Waals surface area contributed by atoms with Crippen molar-refractivity contribution in [3.63, 3.8) is 0 Å². The van der Waals surface area contributed by atoms with Gasteiger partial charge in [0.1, 0.15) is 6.04 Å². The molecule has 14 heavy (non-hydrogen) atoms. The highest BCUT2D eigenvalue weighted by atomic mass is 32.2. The molecule has 82 valence electrons. The minimum atomic E-state index is -0.800. The fourth-order valence-corrected chi connectivity index (χ4v) is 2.90. The number of ether oxygens (including phenoxy) is 1. The van der Waals surface area contributed by atoms with E-state index in [0.29, 0.717) is 6.04 Å². The van der Waals surface area contributed by atoms with E-state index in [4.69, 9.17) is 9.84 Å². The molecule has 0 aromatic rings. The van der Waals surface area contributed by atoms with Crippen molar-refractivity contribution >= 4 is 17.7 Å². The number of nitrogens with zero attached hydrogens (tertiary/aromatic N) is 1. The summed E-state index contributed by atoms with van der Waals surface area (Å²) in [7, 11) is 3.40. The molecular weight excluding hydrogens is 202 g/mol. The van der Waals surface area contributed by atoms with E-state index in [0.717, 1.165) is 17.9 Å². The molecule has 0 saturated carbocycles. The largest absolute Gasteiger partial charge is 0.480 e. The fraction of sp³-hybridized carbons (Fsp3) is 0.889. The Balaban J connectivity index is 2.52. The number of hydrogen-bond acceptors (Lipinski definition) is 4. The number of carboxylic acid groups (broad SMARTS) is 1. The van der Waals surface area contributed by atoms with E-state index in [1.807, 2.05) is 23.7 Å². The molecule has 0 aromatic heterocycles. The van der Waals surface area contributed by atoms with Crippen LogP contribution < -0.4 is 0 Å². The highest BCUT2D eigenvalue weighted by Crippen LogP contribution is 2.22. The maximum absolute atomic E-state index is 11.0. The molecule has 0 aliphatic carbocycles. The summed E-state index contributed by atoms with van der Waals surface area (Å²) in [6.07, 6.45) is 1.08. The zero-order chi connectivity index (χ0) is 10.6. The van der Waals surface area contributed by atoms with Gasteiger partial charge in [-0.1, -0.05) is 0 Å². The number of thioether (sulfide) groups is 1. The summed E-state index contributed by atoms with van der Waals surface area (Å²) in [5.41, 5.74) is 0. The molecule has 1 N–H and O–H groups in total. The molecule has 1 heterocycles. The van der Waals surface area contributed by atoms with Crippen LogP contribution >= 0.6 is 11.8 Å². The maximum atomic E-state index is 11.0. The van der Waals surface area contributed by atoms with Crippen LogP contribution in [0, 0.1) is 0 Å². The summed E-state index contributed by atoms with van der Waals surface area (Å²) in [5, 5.41) is 9.01. The molecule has 5 heteroatoms. The summed E-state index contributed by atoms with van der Waals surface area (Å²) in [6, 6.07) is -0.125. The van der Waals surface area contributed by atoms with E-state index in [1.165, 1.54) is 7.11 Å². The van der Waals surface area contributed by atoms with Crippen molar-refractivity contribution in [2.24, 2.45) is 0 Å². The number of hydrogen-bond donors (Lipinski definition) is 1. The van der Waals surface area contributed by atoms with E-state index >= 15 is 0 Å². The highest BCUT2D eigenvalue weighted by molar-refractivity contribution is 7.99. The normalized spacial score (nSPS) is 24.1. The van der Waals surface area contributed by atoms with Crippen LogP contribution in [0.4, 0.5) is 0 Å². The lowest BCUT2D eigenvalue weighted by molar-refractivity contribution is -0.145. The number of rotatable bonds is 5. The van der Waals surface area contributed by atoms with Crippen molar-refractivity contribution in [3.05, 3.63) is 0 Å². The molecule has 1 fully saturated rings. The van der Waals surface area contributed by atoms with Crippen LogP contribution in [-0.4, -0.2) is 60.3 Å². The third-order valence-corrected chi connectivity index (χ3v) is 3.73. The Bertz CT molecular complexity index is 194. The lowest BCUT2D eigenvalue weighted by Gasteiger charge is -2.29. The molecule has 1 saturated heterocycles. The van der Waals surface area contributed by atoms with Gasteiger partial charge >= 0.3 is 5.97 Å². The Morgan fingerprint density at radius 1 is 1.79 bits per heavy atom. The molecule has 0 amide bonds. The minimum absolute atomic E-state index is 0.257. The van der Waals surface area contributed by atoms with Crippen LogP contribution in [-0.2, 0) is 9.53 Å². The van der Waals surface area contributed by atoms with E-state index in [-0.39, 0.29) is 6.61 Å². The zero-order valence-corrected chi connectivity index (χ0v) is 9.42. The quantitative estimate of drug-likeness (QED) is 0.730. The SMILES string of the molecule is COCC(C(=O)O)N(C)C1CCSC1. The Hall–Kier alpha value is -0.260. The van der Waals surface area contributed by atoms with Gasteiger partial charge in [0, 0.05) is 18.9 Å². The van der Waals surface area contributed by atoms with Gasteiger partial charge in [-0.2, -0.15) is 11.8 Å². The number of likely N-dealkylation sites (N-methyl/N-ethyl adjacent to an activating group) is 1. The molecule has 0 spiro atoms. The van der Waals surface area contributed by atoms with Gasteiger partial charge in [0.05, 0.1) is 6.61 Å². The van der Waals surface area contributed by atoms with Crippen LogP contribution in [0.5, 0.6) is 0 Å². The Morgan fingerprint density at radius 3 is 2.93 bits per heavy atom. The first-order valence-electron chi connectivity index (χ1n) is 4.68. The number of aliphatic carboxylic acids is 1. The van der Waals surface area contributed by atoms with Crippen molar-refractivity contribution in [1.82, 2.24) is 4.90 Å². The van der Waals surface area contributed by atoms with Crippen molar-refractivity contribution in [1.29, 1.82) is 0 Å². The third-order valence-electron chi connectivity index (χ3n) is 2.58. The predicted molar refractivity (Wildman–Crippen MR) is 56.8 cm³/mol. The topological polar surface area (TPSA) is 49.8 Å². The van der Waals surface area contributed by atoms with E-state index in [9.17, 15) is 4.79 Å². The summed E-state index contributed by atoms with van der Waals surface area (Å²) >= 11 is 1.88. The first kappa shape index (κ1) is 11.8. The molecule has 2 unspecified atom stereocenters. The van der Waals surface area contributed by atoms with Crippen LogP contribution in [0.25, 0.3) is 0 Å². The molecule has 0 radical (unpaired) electrons. The van der Waals surface area contributed by atoms with Gasteiger partial charge < -0.3 is 9.84 Å². The first-order valence-corrected chi connectivity index (χ1v) is 5.83. The smallest absolute Gasteiger partial charge is 0.323 e. The second kappa shape index (κ2) is 5.58. The van der Waals surface area contributed by atoms with Gasteiger partial charge in [-0.3, -0.25) is 9.69 Å². The van der Waals surface area contributed by atoms with Gasteiger partial charge in [0.25, 0.3) is 0 Å². The second-order valence-electron chi connectivity index (χ2n) is 3.49. The van der Waals surface area contributed by atoms with E-state index < -0.39 is 12.0 Å². The van der Waals surface area contributed by atoms with Crippen LogP contribution in [0.1, 0.15) is 6.42 Å². The Labute approximate surface area is 88.6 Å². The van der Waals surface area contributed by atoms with E-state index in [1.54, 1.807) is 0 Å². The lowest BCUT2D eigenvalue weighted by atomic mass is 10.2. The molecule has 2 atom stereocenters. The van der Waals surface area contributed by atoms with Crippen LogP contribution in [0.2, 0.25) is 0 Å². The number of carbonyl (C=O) groups is 1. The Morgan fingerprint density at radius 2 is 2.50 bits per heavy atom. The third kappa shape index (κ3) is 2.87. The summed E-state index contributed by atoms with van der Waals surface area (Å²) in [6.45, 7) is 0.257. The average molecular weight is 219 g/mol. The average Bonchev–Trinajstić information content (AvgIpc) is 2.65. The number of carboxylic acids is 1. The predicted octanol–water partition coefficient (Wildman–Crippen LogP) is 0.523.